The second-order valence-electron chi connectivity index (χ2n) is 6.07. The van der Waals surface area contributed by atoms with Crippen molar-refractivity contribution in [1.82, 2.24) is 0 Å². The Balaban J connectivity index is 1.77. The number of rotatable bonds is 2. The summed E-state index contributed by atoms with van der Waals surface area (Å²) in [7, 11) is 0. The van der Waals surface area contributed by atoms with Crippen LogP contribution >= 0.6 is 0 Å². The van der Waals surface area contributed by atoms with Gasteiger partial charge in [-0.05, 0) is 62.2 Å². The average Bonchev–Trinajstić information content (AvgIpc) is 2.30. The van der Waals surface area contributed by atoms with Gasteiger partial charge in [0.25, 0.3) is 0 Å². The van der Waals surface area contributed by atoms with Crippen molar-refractivity contribution in [3.8, 4) is 0 Å². The molecule has 0 aromatic heterocycles. The van der Waals surface area contributed by atoms with E-state index >= 15 is 0 Å². The molecule has 2 saturated carbocycles. The predicted octanol–water partition coefficient (Wildman–Crippen LogP) is 4.99. The number of hydrogen-bond donors (Lipinski definition) is 0. The van der Waals surface area contributed by atoms with Gasteiger partial charge in [0.2, 0.25) is 0 Å². The fourth-order valence-corrected chi connectivity index (χ4v) is 3.61. The van der Waals surface area contributed by atoms with E-state index in [0.717, 1.165) is 17.8 Å². The lowest BCUT2D eigenvalue weighted by Crippen LogP contribution is -2.24. The van der Waals surface area contributed by atoms with Gasteiger partial charge in [0.1, 0.15) is 0 Å². The van der Waals surface area contributed by atoms with E-state index < -0.39 is 0 Å². The minimum Gasteiger partial charge on any atom is -0.0625 e. The van der Waals surface area contributed by atoms with E-state index in [2.05, 4.69) is 13.8 Å². The Hall–Kier alpha value is 0. The van der Waals surface area contributed by atoms with Crippen molar-refractivity contribution in [3.05, 3.63) is 5.92 Å². The molecule has 0 amide bonds. The summed E-state index contributed by atoms with van der Waals surface area (Å²) in [6.45, 7) is 4.80. The van der Waals surface area contributed by atoms with Crippen molar-refractivity contribution in [2.45, 2.75) is 71.6 Å². The van der Waals surface area contributed by atoms with E-state index in [0.29, 0.717) is 0 Å². The quantitative estimate of drug-likeness (QED) is 0.598. The summed E-state index contributed by atoms with van der Waals surface area (Å²) in [5.74, 6) is 4.93. The van der Waals surface area contributed by atoms with Crippen molar-refractivity contribution in [3.63, 3.8) is 0 Å². The second kappa shape index (κ2) is 5.37. The Labute approximate surface area is 95.8 Å². The molecule has 2 aliphatic carbocycles. The molecule has 0 bridgehead atoms. The Morgan fingerprint density at radius 3 is 2.00 bits per heavy atom. The molecule has 0 atom stereocenters. The van der Waals surface area contributed by atoms with Crippen LogP contribution in [0.4, 0.5) is 0 Å². The van der Waals surface area contributed by atoms with Crippen LogP contribution in [-0.4, -0.2) is 0 Å². The molecule has 0 spiro atoms. The highest BCUT2D eigenvalue weighted by Crippen LogP contribution is 2.42. The highest BCUT2D eigenvalue weighted by molar-refractivity contribution is 5.00. The highest BCUT2D eigenvalue weighted by Gasteiger charge is 2.29. The topological polar surface area (TPSA) is 0 Å². The molecule has 2 fully saturated rings. The zero-order chi connectivity index (χ0) is 10.7. The molecule has 0 aromatic carbocycles. The SMILES string of the molecule is CC(C)C1CCC([C]2CCCCC2)CC1. The van der Waals surface area contributed by atoms with E-state index in [1.54, 1.807) is 0 Å². The van der Waals surface area contributed by atoms with Gasteiger partial charge in [0.15, 0.2) is 0 Å². The molecule has 0 heteroatoms. The molecule has 0 nitrogen and oxygen atoms in total. The molecule has 2 rings (SSSR count). The van der Waals surface area contributed by atoms with Crippen LogP contribution in [0.5, 0.6) is 0 Å². The van der Waals surface area contributed by atoms with Gasteiger partial charge >= 0.3 is 0 Å². The molecule has 87 valence electrons. The summed E-state index contributed by atoms with van der Waals surface area (Å²) in [5, 5.41) is 0. The Morgan fingerprint density at radius 1 is 0.867 bits per heavy atom. The lowest BCUT2D eigenvalue weighted by molar-refractivity contribution is 0.217. The first-order chi connectivity index (χ1) is 7.27. The van der Waals surface area contributed by atoms with Crippen LogP contribution in [0.2, 0.25) is 0 Å². The standard InChI is InChI=1S/C15H27/c1-12(2)13-8-10-15(11-9-13)14-6-4-3-5-7-14/h12-13,15H,3-11H2,1-2H3. The molecule has 2 aliphatic rings. The third kappa shape index (κ3) is 2.98. The van der Waals surface area contributed by atoms with Gasteiger partial charge < -0.3 is 0 Å². The predicted molar refractivity (Wildman–Crippen MR) is 66.6 cm³/mol. The van der Waals surface area contributed by atoms with Crippen molar-refractivity contribution >= 4 is 0 Å². The van der Waals surface area contributed by atoms with Gasteiger partial charge in [0.05, 0.1) is 0 Å². The first-order valence-electron chi connectivity index (χ1n) is 7.12. The zero-order valence-corrected chi connectivity index (χ0v) is 10.6. The van der Waals surface area contributed by atoms with Crippen molar-refractivity contribution in [2.24, 2.45) is 17.8 Å². The summed E-state index contributed by atoms with van der Waals surface area (Å²) >= 11 is 0. The maximum atomic E-state index is 2.40. The molecular weight excluding hydrogens is 180 g/mol. The van der Waals surface area contributed by atoms with Crippen LogP contribution in [0.1, 0.15) is 71.6 Å². The summed E-state index contributed by atoms with van der Waals surface area (Å²) in [6, 6.07) is 0. The minimum atomic E-state index is 0.919. The Morgan fingerprint density at radius 2 is 1.47 bits per heavy atom. The molecule has 0 saturated heterocycles. The van der Waals surface area contributed by atoms with Gasteiger partial charge in [-0.25, -0.2) is 0 Å². The molecule has 0 heterocycles. The van der Waals surface area contributed by atoms with Gasteiger partial charge in [-0.2, -0.15) is 0 Å². The van der Waals surface area contributed by atoms with Crippen LogP contribution in [0, 0.1) is 23.7 Å². The maximum absolute atomic E-state index is 2.40. The molecule has 1 radical (unpaired) electrons. The largest absolute Gasteiger partial charge is 0.0625 e. The van der Waals surface area contributed by atoms with Crippen LogP contribution in [0.15, 0.2) is 0 Å². The van der Waals surface area contributed by atoms with Crippen LogP contribution in [-0.2, 0) is 0 Å². The van der Waals surface area contributed by atoms with Crippen molar-refractivity contribution < 1.29 is 0 Å². The fraction of sp³-hybridized carbons (Fsp3) is 0.933. The lowest BCUT2D eigenvalue weighted by atomic mass is 9.69. The van der Waals surface area contributed by atoms with Crippen molar-refractivity contribution in [1.29, 1.82) is 0 Å². The van der Waals surface area contributed by atoms with Gasteiger partial charge in [0, 0.05) is 0 Å². The summed E-state index contributed by atoms with van der Waals surface area (Å²) in [4.78, 5) is 0. The molecule has 0 unspecified atom stereocenters. The molecule has 15 heavy (non-hydrogen) atoms. The van der Waals surface area contributed by atoms with E-state index in [1.165, 1.54) is 57.8 Å². The van der Waals surface area contributed by atoms with E-state index in [9.17, 15) is 0 Å². The summed E-state index contributed by atoms with van der Waals surface area (Å²) in [6.07, 6.45) is 13.4. The summed E-state index contributed by atoms with van der Waals surface area (Å²) < 4.78 is 0. The zero-order valence-electron chi connectivity index (χ0n) is 10.6. The highest BCUT2D eigenvalue weighted by atomic mass is 14.3. The van der Waals surface area contributed by atoms with E-state index in [-0.39, 0.29) is 0 Å². The smallest absolute Gasteiger partial charge is 0.0210 e. The van der Waals surface area contributed by atoms with E-state index in [1.807, 2.05) is 5.92 Å². The van der Waals surface area contributed by atoms with Crippen LogP contribution < -0.4 is 0 Å². The Bertz CT molecular complexity index is 168. The fourth-order valence-electron chi connectivity index (χ4n) is 3.61. The van der Waals surface area contributed by atoms with Gasteiger partial charge in [-0.15, -0.1) is 0 Å². The third-order valence-electron chi connectivity index (χ3n) is 4.79. The van der Waals surface area contributed by atoms with E-state index in [4.69, 9.17) is 0 Å². The molecule has 0 aliphatic heterocycles. The average molecular weight is 207 g/mol. The normalized spacial score (nSPS) is 34.6. The molecule has 0 N–H and O–H groups in total. The van der Waals surface area contributed by atoms with Gasteiger partial charge in [-0.3, -0.25) is 0 Å². The number of hydrogen-bond acceptors (Lipinski definition) is 0. The first kappa shape index (κ1) is 11.5. The molecule has 0 aromatic rings. The molecular formula is C15H27. The van der Waals surface area contributed by atoms with Gasteiger partial charge in [-0.1, -0.05) is 33.1 Å². The lowest BCUT2D eigenvalue weighted by Gasteiger charge is -2.36. The summed E-state index contributed by atoms with van der Waals surface area (Å²) in [5.41, 5.74) is 0. The third-order valence-corrected chi connectivity index (χ3v) is 4.79. The van der Waals surface area contributed by atoms with Crippen LogP contribution in [0.25, 0.3) is 0 Å². The van der Waals surface area contributed by atoms with Crippen LogP contribution in [0.3, 0.4) is 0 Å². The maximum Gasteiger partial charge on any atom is -0.0210 e. The second-order valence-corrected chi connectivity index (χ2v) is 6.07. The monoisotopic (exact) mass is 207 g/mol. The minimum absolute atomic E-state index is 0.919. The van der Waals surface area contributed by atoms with Crippen molar-refractivity contribution in [2.75, 3.05) is 0 Å². The Kier molecular flexibility index (Phi) is 4.11. The first-order valence-corrected chi connectivity index (χ1v) is 7.12.